The molecule has 0 aliphatic heterocycles. The smallest absolute Gasteiger partial charge is 0.380 e. The Morgan fingerprint density at radius 1 is 1.24 bits per heavy atom. The molecule has 0 unspecified atom stereocenters. The molecule has 0 aliphatic carbocycles. The molecule has 7 nitrogen and oxygen atoms in total. The first kappa shape index (κ1) is 11.1. The zero-order valence-electron chi connectivity index (χ0n) is 9.21. The summed E-state index contributed by atoms with van der Waals surface area (Å²) in [5, 5.41) is 0. The van der Waals surface area contributed by atoms with Gasteiger partial charge in [0, 0.05) is 0 Å². The van der Waals surface area contributed by atoms with E-state index in [0.717, 1.165) is 9.64 Å². The summed E-state index contributed by atoms with van der Waals surface area (Å²) in [6, 6.07) is 8.99. The van der Waals surface area contributed by atoms with Crippen molar-refractivity contribution in [3.05, 3.63) is 51.3 Å². The van der Waals surface area contributed by atoms with Crippen molar-refractivity contribution in [3.8, 4) is 0 Å². The van der Waals surface area contributed by atoms with E-state index in [1.165, 1.54) is 0 Å². The van der Waals surface area contributed by atoms with Crippen molar-refractivity contribution in [2.45, 2.75) is 6.92 Å². The molecule has 0 aliphatic rings. The number of nitrogens with zero attached hydrogens (tertiary/aromatic N) is 2. The predicted octanol–water partition coefficient (Wildman–Crippen LogP) is -0.338. The molecule has 0 saturated heterocycles. The summed E-state index contributed by atoms with van der Waals surface area (Å²) in [7, 11) is 0. The number of hydrogen-bond acceptors (Lipinski definition) is 4. The Morgan fingerprint density at radius 3 is 2.59 bits per heavy atom. The van der Waals surface area contributed by atoms with Crippen molar-refractivity contribution < 1.29 is 4.84 Å². The third-order valence-corrected chi connectivity index (χ3v) is 2.02. The minimum absolute atomic E-state index is 0.271. The molecule has 2 rings (SSSR count). The number of benzene rings is 1. The Labute approximate surface area is 96.2 Å². The number of anilines is 1. The van der Waals surface area contributed by atoms with Crippen LogP contribution in [-0.4, -0.2) is 21.2 Å². The first-order chi connectivity index (χ1) is 8.22. The lowest BCUT2D eigenvalue weighted by Gasteiger charge is -2.10. The van der Waals surface area contributed by atoms with Crippen LogP contribution in [0.15, 0.2) is 39.9 Å². The van der Waals surface area contributed by atoms with E-state index in [4.69, 9.17) is 4.84 Å². The fourth-order valence-electron chi connectivity index (χ4n) is 1.34. The second kappa shape index (κ2) is 4.60. The lowest BCUT2D eigenvalue weighted by molar-refractivity contribution is 0.0635. The minimum Gasteiger partial charge on any atom is -0.393 e. The van der Waals surface area contributed by atoms with E-state index in [2.05, 4.69) is 10.4 Å². The highest BCUT2D eigenvalue weighted by molar-refractivity contribution is 5.41. The first-order valence-corrected chi connectivity index (χ1v) is 5.12. The van der Waals surface area contributed by atoms with Crippen molar-refractivity contribution in [1.82, 2.24) is 14.6 Å². The summed E-state index contributed by atoms with van der Waals surface area (Å²) >= 11 is 0. The van der Waals surface area contributed by atoms with Gasteiger partial charge < -0.3 is 4.84 Å². The molecule has 90 valence electrons. The standard InChI is InChI=1S/C10H12N4O3/c1-2-17-14-10(16)11-9(15)13(14)12-8-6-4-3-5-7-8/h3-7,12H,2H2,1H3,(H,11,15,16). The summed E-state index contributed by atoms with van der Waals surface area (Å²) in [5.41, 5.74) is 2.21. The molecule has 0 spiro atoms. The summed E-state index contributed by atoms with van der Waals surface area (Å²) in [6.45, 7) is 1.99. The van der Waals surface area contributed by atoms with Crippen molar-refractivity contribution in [1.29, 1.82) is 0 Å². The third kappa shape index (κ3) is 2.22. The molecular formula is C10H12N4O3. The molecular weight excluding hydrogens is 224 g/mol. The Bertz CT molecular complexity index is 596. The topological polar surface area (TPSA) is 81.1 Å². The molecule has 0 radical (unpaired) electrons. The number of aromatic nitrogens is 3. The van der Waals surface area contributed by atoms with Crippen LogP contribution in [0.2, 0.25) is 0 Å². The van der Waals surface area contributed by atoms with Crippen LogP contribution >= 0.6 is 0 Å². The van der Waals surface area contributed by atoms with Crippen molar-refractivity contribution in [2.24, 2.45) is 0 Å². The number of rotatable bonds is 4. The SMILES string of the molecule is CCOn1c(=O)[nH]c(=O)n1Nc1ccccc1. The van der Waals surface area contributed by atoms with E-state index >= 15 is 0 Å². The third-order valence-electron chi connectivity index (χ3n) is 2.02. The Hall–Kier alpha value is -2.44. The van der Waals surface area contributed by atoms with E-state index in [1.807, 2.05) is 18.2 Å². The maximum Gasteiger partial charge on any atom is 0.380 e. The number of aromatic amines is 1. The van der Waals surface area contributed by atoms with Gasteiger partial charge in [0.05, 0.1) is 5.69 Å². The maximum absolute atomic E-state index is 11.5. The molecule has 0 amide bonds. The largest absolute Gasteiger partial charge is 0.393 e. The Balaban J connectivity index is 2.39. The highest BCUT2D eigenvalue weighted by Gasteiger charge is 2.09. The molecule has 0 saturated carbocycles. The number of hydrogen-bond donors (Lipinski definition) is 2. The van der Waals surface area contributed by atoms with Crippen LogP contribution in [0.3, 0.4) is 0 Å². The van der Waals surface area contributed by atoms with Gasteiger partial charge in [0.2, 0.25) is 0 Å². The van der Waals surface area contributed by atoms with Crippen molar-refractivity contribution in [2.75, 3.05) is 12.0 Å². The van der Waals surface area contributed by atoms with Crippen LogP contribution < -0.4 is 21.6 Å². The van der Waals surface area contributed by atoms with E-state index < -0.39 is 11.4 Å². The van der Waals surface area contributed by atoms with Crippen LogP contribution in [0.25, 0.3) is 0 Å². The number of H-pyrrole nitrogens is 1. The summed E-state index contributed by atoms with van der Waals surface area (Å²) in [4.78, 5) is 31.8. The second-order valence-electron chi connectivity index (χ2n) is 3.22. The van der Waals surface area contributed by atoms with Gasteiger partial charge in [0.15, 0.2) is 0 Å². The zero-order chi connectivity index (χ0) is 12.3. The van der Waals surface area contributed by atoms with Gasteiger partial charge in [0.1, 0.15) is 6.61 Å². The molecule has 1 aromatic carbocycles. The molecule has 0 bridgehead atoms. The van der Waals surface area contributed by atoms with Gasteiger partial charge in [-0.05, 0) is 23.9 Å². The summed E-state index contributed by atoms with van der Waals surface area (Å²) < 4.78 is 0. The maximum atomic E-state index is 11.5. The molecule has 2 N–H and O–H groups in total. The number of para-hydroxylation sites is 1. The van der Waals surface area contributed by atoms with Gasteiger partial charge in [0.25, 0.3) is 0 Å². The molecule has 0 fully saturated rings. The van der Waals surface area contributed by atoms with Crippen molar-refractivity contribution in [3.63, 3.8) is 0 Å². The molecule has 17 heavy (non-hydrogen) atoms. The number of nitrogens with one attached hydrogen (secondary N) is 2. The Kier molecular flexibility index (Phi) is 2.99. The van der Waals surface area contributed by atoms with Crippen LogP contribution in [0.4, 0.5) is 5.69 Å². The average Bonchev–Trinajstić information content (AvgIpc) is 2.58. The second-order valence-corrected chi connectivity index (χ2v) is 3.22. The van der Waals surface area contributed by atoms with Crippen molar-refractivity contribution >= 4 is 5.69 Å². The van der Waals surface area contributed by atoms with Crippen LogP contribution in [-0.2, 0) is 0 Å². The molecule has 1 aromatic heterocycles. The van der Waals surface area contributed by atoms with E-state index in [0.29, 0.717) is 5.69 Å². The van der Waals surface area contributed by atoms with Crippen LogP contribution in [0.1, 0.15) is 6.92 Å². The van der Waals surface area contributed by atoms with Gasteiger partial charge in [-0.2, -0.15) is 0 Å². The van der Waals surface area contributed by atoms with E-state index in [1.54, 1.807) is 19.1 Å². The average molecular weight is 236 g/mol. The fraction of sp³-hybridized carbons (Fsp3) is 0.200. The highest BCUT2D eigenvalue weighted by atomic mass is 16.7. The quantitative estimate of drug-likeness (QED) is 0.761. The van der Waals surface area contributed by atoms with E-state index in [-0.39, 0.29) is 6.61 Å². The van der Waals surface area contributed by atoms with E-state index in [9.17, 15) is 9.59 Å². The molecule has 7 heteroatoms. The first-order valence-electron chi connectivity index (χ1n) is 5.12. The lowest BCUT2D eigenvalue weighted by atomic mass is 10.3. The van der Waals surface area contributed by atoms with Crippen LogP contribution in [0, 0.1) is 0 Å². The monoisotopic (exact) mass is 236 g/mol. The van der Waals surface area contributed by atoms with Gasteiger partial charge in [-0.15, -0.1) is 4.79 Å². The van der Waals surface area contributed by atoms with Gasteiger partial charge in [-0.25, -0.2) is 9.59 Å². The van der Waals surface area contributed by atoms with Gasteiger partial charge >= 0.3 is 11.4 Å². The molecule has 0 atom stereocenters. The summed E-state index contributed by atoms with van der Waals surface area (Å²) in [5.74, 6) is 0. The predicted molar refractivity (Wildman–Crippen MR) is 61.9 cm³/mol. The highest BCUT2D eigenvalue weighted by Crippen LogP contribution is 2.03. The van der Waals surface area contributed by atoms with Gasteiger partial charge in [-0.1, -0.05) is 18.2 Å². The molecule has 1 heterocycles. The normalized spacial score (nSPS) is 10.2. The zero-order valence-corrected chi connectivity index (χ0v) is 9.21. The lowest BCUT2D eigenvalue weighted by Crippen LogP contribution is -2.36. The minimum atomic E-state index is -0.625. The Morgan fingerprint density at radius 2 is 1.94 bits per heavy atom. The van der Waals surface area contributed by atoms with Gasteiger partial charge in [-0.3, -0.25) is 10.4 Å². The molecule has 2 aromatic rings. The van der Waals surface area contributed by atoms with Crippen LogP contribution in [0.5, 0.6) is 0 Å². The summed E-state index contributed by atoms with van der Waals surface area (Å²) in [6.07, 6.45) is 0. The fourth-order valence-corrected chi connectivity index (χ4v) is 1.34.